The molecular weight excluding hydrogens is 346 g/mol. The van der Waals surface area contributed by atoms with Gasteiger partial charge in [0, 0.05) is 18.9 Å². The molecular formula is C21H21NO3S. The van der Waals surface area contributed by atoms with Crippen molar-refractivity contribution in [1.82, 2.24) is 4.90 Å². The van der Waals surface area contributed by atoms with Gasteiger partial charge in [0.05, 0.1) is 10.9 Å². The second kappa shape index (κ2) is 6.92. The van der Waals surface area contributed by atoms with Gasteiger partial charge in [-0.05, 0) is 41.5 Å². The van der Waals surface area contributed by atoms with Crippen LogP contribution in [-0.4, -0.2) is 32.5 Å². The first kappa shape index (κ1) is 18.1. The minimum atomic E-state index is -3.23. The highest BCUT2D eigenvalue weighted by molar-refractivity contribution is 7.90. The molecule has 0 aliphatic rings. The van der Waals surface area contributed by atoms with E-state index >= 15 is 0 Å². The molecule has 0 spiro atoms. The van der Waals surface area contributed by atoms with Crippen LogP contribution in [0.4, 0.5) is 0 Å². The Labute approximate surface area is 154 Å². The molecule has 4 nitrogen and oxygen atoms in total. The molecule has 0 bridgehead atoms. The molecule has 0 saturated heterocycles. The predicted octanol–water partition coefficient (Wildman–Crippen LogP) is 4.08. The lowest BCUT2D eigenvalue weighted by Gasteiger charge is -2.26. The summed E-state index contributed by atoms with van der Waals surface area (Å²) in [5.74, 6) is -0.0681. The molecule has 0 aliphatic carbocycles. The quantitative estimate of drug-likeness (QED) is 0.698. The van der Waals surface area contributed by atoms with Crippen molar-refractivity contribution in [2.75, 3.05) is 13.3 Å². The third kappa shape index (κ3) is 3.48. The van der Waals surface area contributed by atoms with E-state index in [9.17, 15) is 13.2 Å². The number of hydrogen-bond donors (Lipinski definition) is 0. The molecule has 1 atom stereocenters. The average molecular weight is 367 g/mol. The molecule has 3 rings (SSSR count). The van der Waals surface area contributed by atoms with Gasteiger partial charge < -0.3 is 4.90 Å². The Morgan fingerprint density at radius 2 is 1.54 bits per heavy atom. The van der Waals surface area contributed by atoms with Crippen molar-refractivity contribution in [1.29, 1.82) is 0 Å². The Bertz CT molecular complexity index is 1050. The lowest BCUT2D eigenvalue weighted by Crippen LogP contribution is -2.29. The number of amides is 1. The average Bonchev–Trinajstić information content (AvgIpc) is 2.65. The number of nitrogens with zero attached hydrogens (tertiary/aromatic N) is 1. The highest BCUT2D eigenvalue weighted by atomic mass is 32.2. The van der Waals surface area contributed by atoms with E-state index in [2.05, 4.69) is 0 Å². The molecule has 0 fully saturated rings. The van der Waals surface area contributed by atoms with Gasteiger partial charge in [-0.15, -0.1) is 0 Å². The summed E-state index contributed by atoms with van der Waals surface area (Å²) in [6.45, 7) is 1.93. The number of sulfone groups is 1. The van der Waals surface area contributed by atoms with E-state index in [1.54, 1.807) is 36.2 Å². The smallest absolute Gasteiger partial charge is 0.254 e. The van der Waals surface area contributed by atoms with Crippen LogP contribution in [-0.2, 0) is 9.84 Å². The molecule has 1 amide bonds. The number of carbonyl (C=O) groups excluding carboxylic acids is 1. The molecule has 5 heteroatoms. The molecule has 134 valence electrons. The van der Waals surface area contributed by atoms with Crippen LogP contribution in [0.25, 0.3) is 10.8 Å². The third-order valence-electron chi connectivity index (χ3n) is 4.71. The minimum Gasteiger partial charge on any atom is -0.335 e. The third-order valence-corrected chi connectivity index (χ3v) is 5.84. The highest BCUT2D eigenvalue weighted by Gasteiger charge is 2.21. The molecule has 26 heavy (non-hydrogen) atoms. The van der Waals surface area contributed by atoms with E-state index in [1.807, 2.05) is 49.4 Å². The summed E-state index contributed by atoms with van der Waals surface area (Å²) in [7, 11) is -1.47. The Hall–Kier alpha value is -2.66. The zero-order valence-electron chi connectivity index (χ0n) is 15.0. The number of fused-ring (bicyclic) bond motifs is 1. The molecule has 3 aromatic rings. The maximum Gasteiger partial charge on any atom is 0.254 e. The van der Waals surface area contributed by atoms with Gasteiger partial charge in [-0.1, -0.05) is 48.5 Å². The molecule has 0 aromatic heterocycles. The first-order valence-corrected chi connectivity index (χ1v) is 10.2. The van der Waals surface area contributed by atoms with Crippen molar-refractivity contribution in [3.8, 4) is 0 Å². The second-order valence-electron chi connectivity index (χ2n) is 6.46. The molecule has 1 unspecified atom stereocenters. The zero-order chi connectivity index (χ0) is 18.9. The second-order valence-corrected chi connectivity index (χ2v) is 8.48. The topological polar surface area (TPSA) is 54.5 Å². The Morgan fingerprint density at radius 3 is 2.19 bits per heavy atom. The van der Waals surface area contributed by atoms with Crippen LogP contribution in [0.3, 0.4) is 0 Å². The Kier molecular flexibility index (Phi) is 4.83. The van der Waals surface area contributed by atoms with Crippen molar-refractivity contribution in [3.05, 3.63) is 77.9 Å². The van der Waals surface area contributed by atoms with Crippen LogP contribution < -0.4 is 0 Å². The summed E-state index contributed by atoms with van der Waals surface area (Å²) in [5, 5.41) is 1.95. The van der Waals surface area contributed by atoms with Gasteiger partial charge in [0.15, 0.2) is 9.84 Å². The van der Waals surface area contributed by atoms with Crippen LogP contribution in [0.15, 0.2) is 71.6 Å². The maximum absolute atomic E-state index is 13.0. The Morgan fingerprint density at radius 1 is 0.923 bits per heavy atom. The van der Waals surface area contributed by atoms with Crippen molar-refractivity contribution in [2.45, 2.75) is 17.9 Å². The van der Waals surface area contributed by atoms with E-state index < -0.39 is 9.84 Å². The molecule has 0 saturated carbocycles. The molecule has 0 heterocycles. The van der Waals surface area contributed by atoms with E-state index in [0.29, 0.717) is 5.56 Å². The van der Waals surface area contributed by atoms with Gasteiger partial charge in [-0.25, -0.2) is 8.42 Å². The zero-order valence-corrected chi connectivity index (χ0v) is 15.8. The summed E-state index contributed by atoms with van der Waals surface area (Å²) < 4.78 is 23.2. The highest BCUT2D eigenvalue weighted by Crippen LogP contribution is 2.25. The van der Waals surface area contributed by atoms with Gasteiger partial charge in [-0.2, -0.15) is 0 Å². The normalized spacial score (nSPS) is 12.7. The number of benzene rings is 3. The fourth-order valence-corrected chi connectivity index (χ4v) is 3.63. The number of hydrogen-bond acceptors (Lipinski definition) is 3. The van der Waals surface area contributed by atoms with Crippen LogP contribution in [0.1, 0.15) is 28.9 Å². The lowest BCUT2D eigenvalue weighted by molar-refractivity contribution is 0.0744. The van der Waals surface area contributed by atoms with Crippen LogP contribution in [0, 0.1) is 0 Å². The van der Waals surface area contributed by atoms with Gasteiger partial charge in [0.1, 0.15) is 0 Å². The molecule has 3 aromatic carbocycles. The summed E-state index contributed by atoms with van der Waals surface area (Å²) in [5.41, 5.74) is 1.54. The van der Waals surface area contributed by atoms with Gasteiger partial charge in [0.2, 0.25) is 0 Å². The largest absolute Gasteiger partial charge is 0.335 e. The summed E-state index contributed by atoms with van der Waals surface area (Å²) in [6, 6.07) is 20.0. The van der Waals surface area contributed by atoms with E-state index in [-0.39, 0.29) is 16.8 Å². The molecule has 0 radical (unpaired) electrons. The lowest BCUT2D eigenvalue weighted by atomic mass is 10.0. The van der Waals surface area contributed by atoms with E-state index in [0.717, 1.165) is 16.3 Å². The summed E-state index contributed by atoms with van der Waals surface area (Å²) >= 11 is 0. The molecule has 0 N–H and O–H groups in total. The predicted molar refractivity (Wildman–Crippen MR) is 104 cm³/mol. The fraction of sp³-hybridized carbons (Fsp3) is 0.190. The van der Waals surface area contributed by atoms with Crippen LogP contribution >= 0.6 is 0 Å². The summed E-state index contributed by atoms with van der Waals surface area (Å²) in [4.78, 5) is 15.0. The van der Waals surface area contributed by atoms with Crippen LogP contribution in [0.5, 0.6) is 0 Å². The fourth-order valence-electron chi connectivity index (χ4n) is 2.99. The van der Waals surface area contributed by atoms with Gasteiger partial charge >= 0.3 is 0 Å². The van der Waals surface area contributed by atoms with Crippen molar-refractivity contribution >= 4 is 26.5 Å². The Balaban J connectivity index is 1.90. The minimum absolute atomic E-state index is 0.0681. The standard InChI is InChI=1S/C21H21NO3S/c1-15(16-11-13-18(14-12-16)26(3,24)25)22(2)21(23)20-10-6-8-17-7-4-5-9-19(17)20/h4-15H,1-3H3. The SMILES string of the molecule is CC(c1ccc(S(C)(=O)=O)cc1)N(C)C(=O)c1cccc2ccccc12. The van der Waals surface area contributed by atoms with Gasteiger partial charge in [0.25, 0.3) is 5.91 Å². The van der Waals surface area contributed by atoms with Crippen molar-refractivity contribution < 1.29 is 13.2 Å². The van der Waals surface area contributed by atoms with Gasteiger partial charge in [-0.3, -0.25) is 4.79 Å². The first-order chi connectivity index (χ1) is 12.3. The maximum atomic E-state index is 13.0. The monoisotopic (exact) mass is 367 g/mol. The van der Waals surface area contributed by atoms with E-state index in [1.165, 1.54) is 6.26 Å². The number of rotatable bonds is 4. The van der Waals surface area contributed by atoms with Crippen LogP contribution in [0.2, 0.25) is 0 Å². The van der Waals surface area contributed by atoms with Crippen molar-refractivity contribution in [3.63, 3.8) is 0 Å². The van der Waals surface area contributed by atoms with E-state index in [4.69, 9.17) is 0 Å². The summed E-state index contributed by atoms with van der Waals surface area (Å²) in [6.07, 6.45) is 1.18. The number of carbonyl (C=O) groups is 1. The molecule has 0 aliphatic heterocycles. The van der Waals surface area contributed by atoms with Crippen molar-refractivity contribution in [2.24, 2.45) is 0 Å². The first-order valence-electron chi connectivity index (χ1n) is 8.34.